The Morgan fingerprint density at radius 2 is 1.83 bits per heavy atom. The number of hydrogen-bond acceptors (Lipinski definition) is 6. The van der Waals surface area contributed by atoms with Gasteiger partial charge in [0.2, 0.25) is 28.6 Å². The zero-order chi connectivity index (χ0) is 26.5. The van der Waals surface area contributed by atoms with Gasteiger partial charge in [0.05, 0.1) is 11.9 Å². The third-order valence-corrected chi connectivity index (χ3v) is 7.40. The number of nitrogens with zero attached hydrogens (tertiary/aromatic N) is 2. The molecule has 2 aromatic carbocycles. The molecule has 9 nitrogen and oxygen atoms in total. The van der Waals surface area contributed by atoms with E-state index in [1.807, 2.05) is 6.92 Å². The van der Waals surface area contributed by atoms with Gasteiger partial charge in [0.1, 0.15) is 12.6 Å². The molecule has 1 aliphatic rings. The maximum atomic E-state index is 13.6. The molecule has 0 aliphatic carbocycles. The number of sulfonamides is 1. The summed E-state index contributed by atoms with van der Waals surface area (Å²) in [5.74, 6) is -0.0740. The minimum Gasteiger partial charge on any atom is -0.454 e. The van der Waals surface area contributed by atoms with Crippen LogP contribution in [0.2, 0.25) is 10.0 Å². The van der Waals surface area contributed by atoms with Gasteiger partial charge in [0, 0.05) is 29.2 Å². The lowest BCUT2D eigenvalue weighted by Crippen LogP contribution is -2.51. The number of nitrogens with one attached hydrogen (secondary N) is 1. The second-order valence-corrected chi connectivity index (χ2v) is 11.1. The van der Waals surface area contributed by atoms with E-state index >= 15 is 0 Å². The summed E-state index contributed by atoms with van der Waals surface area (Å²) < 4.78 is 37.0. The molecule has 196 valence electrons. The Labute approximate surface area is 221 Å². The third-order valence-electron chi connectivity index (χ3n) is 5.68. The number of unbranched alkanes of at least 4 members (excludes halogenated alkanes) is 1. The molecule has 2 aromatic rings. The number of hydrogen-bond donors (Lipinski definition) is 1. The van der Waals surface area contributed by atoms with Crippen LogP contribution < -0.4 is 19.1 Å². The van der Waals surface area contributed by atoms with Crippen molar-refractivity contribution in [3.63, 3.8) is 0 Å². The first-order valence-corrected chi connectivity index (χ1v) is 14.0. The van der Waals surface area contributed by atoms with E-state index in [9.17, 15) is 18.0 Å². The molecular weight excluding hydrogens is 529 g/mol. The summed E-state index contributed by atoms with van der Waals surface area (Å²) in [6.45, 7) is 3.54. The van der Waals surface area contributed by atoms with Crippen molar-refractivity contribution < 1.29 is 27.5 Å². The Bertz CT molecular complexity index is 1220. The normalized spacial score (nSPS) is 13.2. The largest absolute Gasteiger partial charge is 0.454 e. The number of carbonyl (C=O) groups is 2. The topological polar surface area (TPSA) is 105 Å². The van der Waals surface area contributed by atoms with Crippen molar-refractivity contribution in [3.05, 3.63) is 52.0 Å². The number of anilines is 1. The van der Waals surface area contributed by atoms with Gasteiger partial charge in [-0.1, -0.05) is 42.6 Å². The van der Waals surface area contributed by atoms with Crippen molar-refractivity contribution in [2.75, 3.05) is 30.4 Å². The molecule has 1 heterocycles. The second-order valence-electron chi connectivity index (χ2n) is 8.39. The number of fused-ring (bicyclic) bond motifs is 1. The summed E-state index contributed by atoms with van der Waals surface area (Å²) in [6.07, 6.45) is 2.70. The number of carbonyl (C=O) groups excluding carboxylic acids is 2. The van der Waals surface area contributed by atoms with Crippen molar-refractivity contribution >= 4 is 50.7 Å². The van der Waals surface area contributed by atoms with E-state index < -0.39 is 28.5 Å². The van der Waals surface area contributed by atoms with Crippen LogP contribution in [0.5, 0.6) is 11.5 Å². The number of ether oxygens (including phenoxy) is 2. The van der Waals surface area contributed by atoms with Gasteiger partial charge in [-0.3, -0.25) is 13.9 Å². The molecule has 0 saturated heterocycles. The summed E-state index contributed by atoms with van der Waals surface area (Å²) in [4.78, 5) is 27.7. The fourth-order valence-electron chi connectivity index (χ4n) is 3.61. The molecule has 2 amide bonds. The second kappa shape index (κ2) is 12.0. The van der Waals surface area contributed by atoms with Gasteiger partial charge in [-0.25, -0.2) is 8.42 Å². The highest BCUT2D eigenvalue weighted by molar-refractivity contribution is 7.92. The molecule has 0 saturated carbocycles. The number of rotatable bonds is 11. The lowest BCUT2D eigenvalue weighted by atomic mass is 10.1. The molecule has 0 bridgehead atoms. The van der Waals surface area contributed by atoms with E-state index in [0.29, 0.717) is 33.7 Å². The van der Waals surface area contributed by atoms with Gasteiger partial charge in [0.25, 0.3) is 0 Å². The number of halogens is 2. The quantitative estimate of drug-likeness (QED) is 0.421. The molecule has 36 heavy (non-hydrogen) atoms. The summed E-state index contributed by atoms with van der Waals surface area (Å²) in [6, 6.07) is 8.56. The van der Waals surface area contributed by atoms with Crippen LogP contribution in [0.4, 0.5) is 5.69 Å². The molecule has 1 atom stereocenters. The molecule has 0 spiro atoms. The van der Waals surface area contributed by atoms with E-state index in [4.69, 9.17) is 32.7 Å². The number of amides is 2. The highest BCUT2D eigenvalue weighted by atomic mass is 35.5. The predicted octanol–water partition coefficient (Wildman–Crippen LogP) is 3.82. The smallest absolute Gasteiger partial charge is 0.244 e. The first-order valence-electron chi connectivity index (χ1n) is 11.4. The van der Waals surface area contributed by atoms with Crippen molar-refractivity contribution in [1.29, 1.82) is 0 Å². The zero-order valence-corrected chi connectivity index (χ0v) is 22.6. The van der Waals surface area contributed by atoms with Crippen molar-refractivity contribution in [2.24, 2.45) is 0 Å². The maximum absolute atomic E-state index is 13.6. The molecule has 0 fully saturated rings. The maximum Gasteiger partial charge on any atom is 0.244 e. The molecule has 12 heteroatoms. The van der Waals surface area contributed by atoms with Gasteiger partial charge in [0.15, 0.2) is 11.5 Å². The van der Waals surface area contributed by atoms with Crippen LogP contribution in [0.1, 0.15) is 32.3 Å². The Balaban J connectivity index is 1.90. The fraction of sp³-hybridized carbons (Fsp3) is 0.417. The average molecular weight is 558 g/mol. The molecule has 0 radical (unpaired) electrons. The van der Waals surface area contributed by atoms with Crippen LogP contribution in [0.15, 0.2) is 36.4 Å². The van der Waals surface area contributed by atoms with E-state index in [1.165, 1.54) is 17.0 Å². The molecule has 0 aromatic heterocycles. The number of benzene rings is 2. The van der Waals surface area contributed by atoms with E-state index in [0.717, 1.165) is 23.4 Å². The highest BCUT2D eigenvalue weighted by Crippen LogP contribution is 2.36. The van der Waals surface area contributed by atoms with E-state index in [-0.39, 0.29) is 24.9 Å². The van der Waals surface area contributed by atoms with Crippen LogP contribution in [0, 0.1) is 0 Å². The Morgan fingerprint density at radius 3 is 2.50 bits per heavy atom. The monoisotopic (exact) mass is 557 g/mol. The van der Waals surface area contributed by atoms with Crippen LogP contribution in [-0.4, -0.2) is 57.3 Å². The molecule has 1 N–H and O–H groups in total. The van der Waals surface area contributed by atoms with Gasteiger partial charge < -0.3 is 19.7 Å². The van der Waals surface area contributed by atoms with Crippen LogP contribution in [-0.2, 0) is 26.2 Å². The molecule has 3 rings (SSSR count). The van der Waals surface area contributed by atoms with Crippen molar-refractivity contribution in [1.82, 2.24) is 10.2 Å². The lowest BCUT2D eigenvalue weighted by molar-refractivity contribution is -0.139. The summed E-state index contributed by atoms with van der Waals surface area (Å²) in [5.41, 5.74) is 0.802. The highest BCUT2D eigenvalue weighted by Gasteiger charge is 2.31. The standard InChI is InChI=1S/C24H29Cl2N3O6S/c1-4-5-10-27-24(31)16(2)28(13-17-6-7-18(25)11-20(17)26)23(30)14-29(36(3,32)33)19-8-9-21-22(12-19)35-15-34-21/h6-9,11-12,16H,4-5,10,13-15H2,1-3H3,(H,27,31)/t16-/m0/s1. The fourth-order valence-corrected chi connectivity index (χ4v) is 4.92. The van der Waals surface area contributed by atoms with Crippen LogP contribution in [0.25, 0.3) is 0 Å². The Hall–Kier alpha value is -2.69. The van der Waals surface area contributed by atoms with Gasteiger partial charge in [-0.2, -0.15) is 0 Å². The zero-order valence-electron chi connectivity index (χ0n) is 20.3. The third kappa shape index (κ3) is 6.96. The molecular formula is C24H29Cl2N3O6S. The van der Waals surface area contributed by atoms with Crippen molar-refractivity contribution in [2.45, 2.75) is 39.3 Å². The van der Waals surface area contributed by atoms with Gasteiger partial charge in [-0.15, -0.1) is 0 Å². The van der Waals surface area contributed by atoms with E-state index in [2.05, 4.69) is 5.32 Å². The SMILES string of the molecule is CCCCNC(=O)[C@H](C)N(Cc1ccc(Cl)cc1Cl)C(=O)CN(c1ccc2c(c1)OCO2)S(C)(=O)=O. The van der Waals surface area contributed by atoms with Gasteiger partial charge in [-0.05, 0) is 43.2 Å². The summed E-state index contributed by atoms with van der Waals surface area (Å²) in [5, 5.41) is 3.58. The van der Waals surface area contributed by atoms with Gasteiger partial charge >= 0.3 is 0 Å². The summed E-state index contributed by atoms with van der Waals surface area (Å²) >= 11 is 12.3. The van der Waals surface area contributed by atoms with Crippen LogP contribution in [0.3, 0.4) is 0 Å². The first-order chi connectivity index (χ1) is 17.0. The molecule has 0 unspecified atom stereocenters. The first kappa shape index (κ1) is 27.9. The molecule has 1 aliphatic heterocycles. The average Bonchev–Trinajstić information content (AvgIpc) is 3.28. The predicted molar refractivity (Wildman–Crippen MR) is 139 cm³/mol. The minimum absolute atomic E-state index is 0.0179. The Kier molecular flexibility index (Phi) is 9.32. The lowest BCUT2D eigenvalue weighted by Gasteiger charge is -2.31. The van der Waals surface area contributed by atoms with Crippen molar-refractivity contribution in [3.8, 4) is 11.5 Å². The minimum atomic E-state index is -3.87. The van der Waals surface area contributed by atoms with Crippen LogP contribution >= 0.6 is 23.2 Å². The Morgan fingerprint density at radius 1 is 1.11 bits per heavy atom. The van der Waals surface area contributed by atoms with E-state index in [1.54, 1.807) is 31.2 Å². The summed E-state index contributed by atoms with van der Waals surface area (Å²) in [7, 11) is -3.87.